The van der Waals surface area contributed by atoms with Gasteiger partial charge in [-0.2, -0.15) is 5.26 Å². The molecule has 5 heteroatoms. The van der Waals surface area contributed by atoms with Gasteiger partial charge in [0.2, 0.25) is 0 Å². The van der Waals surface area contributed by atoms with Crippen molar-refractivity contribution in [3.8, 4) is 6.07 Å². The lowest BCUT2D eigenvalue weighted by Gasteiger charge is -2.17. The van der Waals surface area contributed by atoms with Crippen molar-refractivity contribution in [1.29, 1.82) is 5.26 Å². The highest BCUT2D eigenvalue weighted by molar-refractivity contribution is 5.34. The molecule has 2 aromatic rings. The van der Waals surface area contributed by atoms with Crippen LogP contribution in [-0.2, 0) is 6.54 Å². The molecule has 1 aromatic carbocycles. The molecule has 2 rings (SSSR count). The van der Waals surface area contributed by atoms with E-state index >= 15 is 0 Å². The normalized spacial score (nSPS) is 12.1. The van der Waals surface area contributed by atoms with Crippen LogP contribution in [0.1, 0.15) is 47.5 Å². The highest BCUT2D eigenvalue weighted by Crippen LogP contribution is 2.24. The van der Waals surface area contributed by atoms with Crippen molar-refractivity contribution >= 4 is 0 Å². The third-order valence-corrected chi connectivity index (χ3v) is 3.56. The summed E-state index contributed by atoms with van der Waals surface area (Å²) in [6, 6.07) is 6.44. The maximum Gasteiger partial charge on any atom is 0.138 e. The van der Waals surface area contributed by atoms with Gasteiger partial charge in [0.15, 0.2) is 0 Å². The van der Waals surface area contributed by atoms with Crippen LogP contribution in [0.5, 0.6) is 0 Å². The number of hydrogen-bond acceptors (Lipinski definition) is 4. The van der Waals surface area contributed by atoms with E-state index in [0.717, 1.165) is 23.4 Å². The summed E-state index contributed by atoms with van der Waals surface area (Å²) in [5.41, 5.74) is 2.81. The first-order chi connectivity index (χ1) is 10.1. The van der Waals surface area contributed by atoms with Crippen LogP contribution in [0.2, 0.25) is 0 Å². The van der Waals surface area contributed by atoms with Crippen molar-refractivity contribution in [2.75, 3.05) is 0 Å². The Labute approximate surface area is 123 Å². The maximum absolute atomic E-state index is 13.8. The Morgan fingerprint density at radius 1 is 1.43 bits per heavy atom. The summed E-state index contributed by atoms with van der Waals surface area (Å²) in [5, 5.41) is 16.2. The fraction of sp³-hybridized carbons (Fsp3) is 0.375. The first kappa shape index (κ1) is 15.2. The Hall–Kier alpha value is -2.19. The molecular formula is C16H18FN3O. The van der Waals surface area contributed by atoms with E-state index in [1.54, 1.807) is 6.07 Å². The highest BCUT2D eigenvalue weighted by atomic mass is 19.1. The monoisotopic (exact) mass is 287 g/mol. The summed E-state index contributed by atoms with van der Waals surface area (Å²) in [7, 11) is 0. The second-order valence-electron chi connectivity index (χ2n) is 5.00. The fourth-order valence-corrected chi connectivity index (χ4v) is 2.45. The Bertz CT molecular complexity index is 653. The third kappa shape index (κ3) is 3.29. The topological polar surface area (TPSA) is 61.9 Å². The Balaban J connectivity index is 2.16. The molecule has 0 aliphatic rings. The molecule has 21 heavy (non-hydrogen) atoms. The predicted molar refractivity (Wildman–Crippen MR) is 77.0 cm³/mol. The number of rotatable bonds is 5. The lowest BCUT2D eigenvalue weighted by atomic mass is 10.0. The number of halogens is 1. The van der Waals surface area contributed by atoms with E-state index in [1.165, 1.54) is 12.1 Å². The van der Waals surface area contributed by atoms with Gasteiger partial charge >= 0.3 is 0 Å². The zero-order valence-corrected chi connectivity index (χ0v) is 12.4. The lowest BCUT2D eigenvalue weighted by molar-refractivity contribution is 0.389. The second-order valence-corrected chi connectivity index (χ2v) is 5.00. The minimum Gasteiger partial charge on any atom is -0.361 e. The Morgan fingerprint density at radius 3 is 2.76 bits per heavy atom. The van der Waals surface area contributed by atoms with E-state index in [0.29, 0.717) is 17.7 Å². The van der Waals surface area contributed by atoms with E-state index in [2.05, 4.69) is 10.5 Å². The van der Waals surface area contributed by atoms with Crippen molar-refractivity contribution in [3.63, 3.8) is 0 Å². The second kappa shape index (κ2) is 6.51. The van der Waals surface area contributed by atoms with Crippen molar-refractivity contribution in [1.82, 2.24) is 10.5 Å². The van der Waals surface area contributed by atoms with Gasteiger partial charge in [0.25, 0.3) is 0 Å². The number of aromatic nitrogens is 1. The predicted octanol–water partition coefficient (Wildman–Crippen LogP) is 3.54. The number of benzene rings is 1. The SMILES string of the molecule is CC[C@@H](NCc1cc(C#N)ccc1F)c1c(C)noc1C. The molecule has 0 aliphatic carbocycles. The first-order valence-electron chi connectivity index (χ1n) is 6.91. The first-order valence-corrected chi connectivity index (χ1v) is 6.91. The van der Waals surface area contributed by atoms with Crippen molar-refractivity contribution in [2.24, 2.45) is 0 Å². The Morgan fingerprint density at radius 2 is 2.19 bits per heavy atom. The maximum atomic E-state index is 13.8. The summed E-state index contributed by atoms with van der Waals surface area (Å²) in [6.45, 7) is 6.17. The average Bonchev–Trinajstić information content (AvgIpc) is 2.81. The van der Waals surface area contributed by atoms with Crippen molar-refractivity contribution in [2.45, 2.75) is 39.8 Å². The van der Waals surface area contributed by atoms with E-state index in [-0.39, 0.29) is 11.9 Å². The van der Waals surface area contributed by atoms with Crippen molar-refractivity contribution in [3.05, 3.63) is 52.2 Å². The molecule has 1 heterocycles. The van der Waals surface area contributed by atoms with Gasteiger partial charge in [-0.3, -0.25) is 0 Å². The molecular weight excluding hydrogens is 269 g/mol. The molecule has 0 radical (unpaired) electrons. The summed E-state index contributed by atoms with van der Waals surface area (Å²) < 4.78 is 19.0. The van der Waals surface area contributed by atoms with Gasteiger partial charge in [0.05, 0.1) is 17.3 Å². The van der Waals surface area contributed by atoms with E-state index < -0.39 is 0 Å². The molecule has 0 fully saturated rings. The molecule has 4 nitrogen and oxygen atoms in total. The van der Waals surface area contributed by atoms with Gasteiger partial charge in [-0.05, 0) is 38.5 Å². The van der Waals surface area contributed by atoms with Gasteiger partial charge in [-0.25, -0.2) is 4.39 Å². The molecule has 0 saturated carbocycles. The summed E-state index contributed by atoms with van der Waals surface area (Å²) >= 11 is 0. The molecule has 110 valence electrons. The molecule has 0 saturated heterocycles. The molecule has 1 N–H and O–H groups in total. The molecule has 0 bridgehead atoms. The molecule has 1 aromatic heterocycles. The summed E-state index contributed by atoms with van der Waals surface area (Å²) in [5.74, 6) is 0.466. The highest BCUT2D eigenvalue weighted by Gasteiger charge is 2.19. The quantitative estimate of drug-likeness (QED) is 0.913. The minimum absolute atomic E-state index is 0.0430. The van der Waals surface area contributed by atoms with Crippen LogP contribution >= 0.6 is 0 Å². The zero-order chi connectivity index (χ0) is 15.4. The summed E-state index contributed by atoms with van der Waals surface area (Å²) in [6.07, 6.45) is 0.836. The smallest absolute Gasteiger partial charge is 0.138 e. The van der Waals surface area contributed by atoms with Crippen molar-refractivity contribution < 1.29 is 8.91 Å². The average molecular weight is 287 g/mol. The third-order valence-electron chi connectivity index (χ3n) is 3.56. The molecule has 0 amide bonds. The largest absolute Gasteiger partial charge is 0.361 e. The van der Waals surface area contributed by atoms with Gasteiger partial charge in [-0.1, -0.05) is 12.1 Å². The number of nitriles is 1. The number of hydrogen-bond donors (Lipinski definition) is 1. The molecule has 0 unspecified atom stereocenters. The zero-order valence-electron chi connectivity index (χ0n) is 12.4. The lowest BCUT2D eigenvalue weighted by Crippen LogP contribution is -2.22. The van der Waals surface area contributed by atoms with Gasteiger partial charge in [0, 0.05) is 23.7 Å². The number of nitrogens with one attached hydrogen (secondary N) is 1. The van der Waals surface area contributed by atoms with Gasteiger partial charge in [-0.15, -0.1) is 0 Å². The van der Waals surface area contributed by atoms with Crippen LogP contribution < -0.4 is 5.32 Å². The van der Waals surface area contributed by atoms with E-state index in [4.69, 9.17) is 9.78 Å². The van der Waals surface area contributed by atoms with Crippen LogP contribution in [0.3, 0.4) is 0 Å². The minimum atomic E-state index is -0.310. The van der Waals surface area contributed by atoms with E-state index in [9.17, 15) is 4.39 Å². The molecule has 0 spiro atoms. The van der Waals surface area contributed by atoms with Crippen LogP contribution in [0.4, 0.5) is 4.39 Å². The van der Waals surface area contributed by atoms with Crippen LogP contribution in [0.15, 0.2) is 22.7 Å². The van der Waals surface area contributed by atoms with E-state index in [1.807, 2.05) is 26.8 Å². The fourth-order valence-electron chi connectivity index (χ4n) is 2.45. The number of nitrogens with zero attached hydrogens (tertiary/aromatic N) is 2. The van der Waals surface area contributed by atoms with Gasteiger partial charge < -0.3 is 9.84 Å². The van der Waals surface area contributed by atoms with Crippen LogP contribution in [0, 0.1) is 31.0 Å². The standard InChI is InChI=1S/C16H18FN3O/c1-4-15(16-10(2)20-21-11(16)3)19-9-13-7-12(8-18)5-6-14(13)17/h5-7,15,19H,4,9H2,1-3H3/t15-/m1/s1. The summed E-state index contributed by atoms with van der Waals surface area (Å²) in [4.78, 5) is 0. The van der Waals surface area contributed by atoms with Crippen LogP contribution in [-0.4, -0.2) is 5.16 Å². The van der Waals surface area contributed by atoms with Gasteiger partial charge in [0.1, 0.15) is 11.6 Å². The number of aryl methyl sites for hydroxylation is 2. The van der Waals surface area contributed by atoms with Crippen LogP contribution in [0.25, 0.3) is 0 Å². The molecule has 0 aliphatic heterocycles. The Kier molecular flexibility index (Phi) is 4.71. The molecule has 1 atom stereocenters.